The van der Waals surface area contributed by atoms with Gasteiger partial charge in [0.2, 0.25) is 0 Å². The van der Waals surface area contributed by atoms with E-state index in [1.165, 1.54) is 0 Å². The molecule has 3 N–H and O–H groups in total. The number of nitrogens with zero attached hydrogens (tertiary/aromatic N) is 1. The lowest BCUT2D eigenvalue weighted by Gasteiger charge is -2.13. The number of anilines is 1. The summed E-state index contributed by atoms with van der Waals surface area (Å²) in [6, 6.07) is 6.53. The first kappa shape index (κ1) is 15.0. The average Bonchev–Trinajstić information content (AvgIpc) is 2.30. The van der Waals surface area contributed by atoms with Crippen molar-refractivity contribution in [3.8, 4) is 0 Å². The molecule has 0 aliphatic carbocycles. The molecule has 6 heteroatoms. The summed E-state index contributed by atoms with van der Waals surface area (Å²) in [7, 11) is 3.84. The molecule has 104 valence electrons. The van der Waals surface area contributed by atoms with Gasteiger partial charge in [0.25, 0.3) is 0 Å². The van der Waals surface area contributed by atoms with Crippen LogP contribution in [-0.4, -0.2) is 49.2 Å². The maximum Gasteiger partial charge on any atom is 0.319 e. The van der Waals surface area contributed by atoms with Crippen LogP contribution in [0.5, 0.6) is 0 Å². The van der Waals surface area contributed by atoms with Gasteiger partial charge >= 0.3 is 12.0 Å². The van der Waals surface area contributed by atoms with E-state index in [0.29, 0.717) is 17.8 Å². The number of aliphatic carboxylic acids is 1. The fraction of sp³-hybridized carbons (Fsp3) is 0.385. The van der Waals surface area contributed by atoms with E-state index in [2.05, 4.69) is 10.6 Å². The SMILES string of the molecule is CN(C)CCNC(=O)Nc1ccccc1CC(=O)O. The summed E-state index contributed by atoms with van der Waals surface area (Å²) in [6.07, 6.45) is -0.117. The first-order valence-electron chi connectivity index (χ1n) is 5.98. The minimum Gasteiger partial charge on any atom is -0.481 e. The number of carbonyl (C=O) groups is 2. The standard InChI is InChI=1S/C13H19N3O3/c1-16(2)8-7-14-13(19)15-11-6-4-3-5-10(11)9-12(17)18/h3-6H,7-9H2,1-2H3,(H,17,18)(H2,14,15,19). The summed E-state index contributed by atoms with van der Waals surface area (Å²) in [5.74, 6) is -0.928. The Hall–Kier alpha value is -2.08. The second-order valence-corrected chi connectivity index (χ2v) is 4.41. The summed E-state index contributed by atoms with van der Waals surface area (Å²) in [6.45, 7) is 1.27. The molecule has 0 spiro atoms. The summed E-state index contributed by atoms with van der Waals surface area (Å²) in [4.78, 5) is 24.3. The monoisotopic (exact) mass is 265 g/mol. The van der Waals surface area contributed by atoms with Crippen LogP contribution >= 0.6 is 0 Å². The van der Waals surface area contributed by atoms with Crippen LogP contribution in [0.15, 0.2) is 24.3 Å². The molecular weight excluding hydrogens is 246 g/mol. The Morgan fingerprint density at radius 1 is 1.26 bits per heavy atom. The lowest BCUT2D eigenvalue weighted by Crippen LogP contribution is -2.34. The normalized spacial score (nSPS) is 10.3. The molecule has 2 amide bonds. The van der Waals surface area contributed by atoms with Crippen molar-refractivity contribution in [2.75, 3.05) is 32.5 Å². The van der Waals surface area contributed by atoms with E-state index < -0.39 is 5.97 Å². The molecule has 0 atom stereocenters. The molecule has 0 saturated carbocycles. The smallest absolute Gasteiger partial charge is 0.319 e. The van der Waals surface area contributed by atoms with E-state index in [9.17, 15) is 9.59 Å². The van der Waals surface area contributed by atoms with Crippen molar-refractivity contribution in [2.24, 2.45) is 0 Å². The van der Waals surface area contributed by atoms with Gasteiger partial charge in [0.1, 0.15) is 0 Å². The van der Waals surface area contributed by atoms with Gasteiger partial charge in [0.05, 0.1) is 6.42 Å². The molecule has 0 aliphatic rings. The van der Waals surface area contributed by atoms with E-state index in [0.717, 1.165) is 6.54 Å². The van der Waals surface area contributed by atoms with E-state index >= 15 is 0 Å². The van der Waals surface area contributed by atoms with Crippen molar-refractivity contribution >= 4 is 17.7 Å². The first-order chi connectivity index (χ1) is 8.99. The van der Waals surface area contributed by atoms with Gasteiger partial charge in [-0.25, -0.2) is 4.79 Å². The van der Waals surface area contributed by atoms with Crippen molar-refractivity contribution in [3.63, 3.8) is 0 Å². The Kier molecular flexibility index (Phi) is 5.81. The van der Waals surface area contributed by atoms with Crippen LogP contribution in [0, 0.1) is 0 Å². The van der Waals surface area contributed by atoms with Crippen LogP contribution in [0.25, 0.3) is 0 Å². The number of rotatable bonds is 6. The molecule has 0 saturated heterocycles. The molecule has 0 aliphatic heterocycles. The van der Waals surface area contributed by atoms with Crippen molar-refractivity contribution in [1.82, 2.24) is 10.2 Å². The molecule has 1 aromatic rings. The number of likely N-dealkylation sites (N-methyl/N-ethyl adjacent to an activating group) is 1. The van der Waals surface area contributed by atoms with Gasteiger partial charge in [-0.05, 0) is 25.7 Å². The summed E-state index contributed by atoms with van der Waals surface area (Å²) in [5, 5.41) is 14.2. The van der Waals surface area contributed by atoms with E-state index in [1.807, 2.05) is 19.0 Å². The van der Waals surface area contributed by atoms with E-state index in [-0.39, 0.29) is 12.5 Å². The van der Waals surface area contributed by atoms with Crippen molar-refractivity contribution in [3.05, 3.63) is 29.8 Å². The maximum atomic E-state index is 11.6. The minimum atomic E-state index is -0.928. The average molecular weight is 265 g/mol. The maximum absolute atomic E-state index is 11.6. The third kappa shape index (κ3) is 5.87. The molecule has 0 heterocycles. The number of carboxylic acids is 1. The fourth-order valence-electron chi connectivity index (χ4n) is 1.52. The topological polar surface area (TPSA) is 81.7 Å². The lowest BCUT2D eigenvalue weighted by atomic mass is 10.1. The lowest BCUT2D eigenvalue weighted by molar-refractivity contribution is -0.136. The van der Waals surface area contributed by atoms with Crippen LogP contribution < -0.4 is 10.6 Å². The number of hydrogen-bond donors (Lipinski definition) is 3. The number of benzene rings is 1. The molecule has 1 rings (SSSR count). The van der Waals surface area contributed by atoms with Gasteiger partial charge in [-0.15, -0.1) is 0 Å². The van der Waals surface area contributed by atoms with Gasteiger partial charge < -0.3 is 20.6 Å². The highest BCUT2D eigenvalue weighted by Crippen LogP contribution is 2.15. The number of carboxylic acid groups (broad SMARTS) is 1. The second kappa shape index (κ2) is 7.38. The Morgan fingerprint density at radius 3 is 2.58 bits per heavy atom. The molecule has 1 aromatic carbocycles. The fourth-order valence-corrected chi connectivity index (χ4v) is 1.52. The second-order valence-electron chi connectivity index (χ2n) is 4.41. The highest BCUT2D eigenvalue weighted by atomic mass is 16.4. The molecule has 0 bridgehead atoms. The predicted octanol–water partition coefficient (Wildman–Crippen LogP) is 0.997. The van der Waals surface area contributed by atoms with Crippen LogP contribution in [0.4, 0.5) is 10.5 Å². The summed E-state index contributed by atoms with van der Waals surface area (Å²) in [5.41, 5.74) is 1.10. The van der Waals surface area contributed by atoms with E-state index in [4.69, 9.17) is 5.11 Å². The van der Waals surface area contributed by atoms with Gasteiger partial charge in [-0.1, -0.05) is 18.2 Å². The number of carbonyl (C=O) groups excluding carboxylic acids is 1. The number of hydrogen-bond acceptors (Lipinski definition) is 3. The summed E-state index contributed by atoms with van der Waals surface area (Å²) < 4.78 is 0. The Labute approximate surface area is 112 Å². The molecule has 0 fully saturated rings. The van der Waals surface area contributed by atoms with Crippen LogP contribution in [-0.2, 0) is 11.2 Å². The molecule has 0 radical (unpaired) electrons. The van der Waals surface area contributed by atoms with Crippen LogP contribution in [0.1, 0.15) is 5.56 Å². The third-order valence-corrected chi connectivity index (χ3v) is 2.45. The van der Waals surface area contributed by atoms with Crippen molar-refractivity contribution < 1.29 is 14.7 Å². The van der Waals surface area contributed by atoms with Crippen LogP contribution in [0.2, 0.25) is 0 Å². The van der Waals surface area contributed by atoms with Gasteiger partial charge in [-0.3, -0.25) is 4.79 Å². The molecular formula is C13H19N3O3. The molecule has 19 heavy (non-hydrogen) atoms. The highest BCUT2D eigenvalue weighted by Gasteiger charge is 2.08. The van der Waals surface area contributed by atoms with Crippen molar-refractivity contribution in [1.29, 1.82) is 0 Å². The molecule has 6 nitrogen and oxygen atoms in total. The van der Waals surface area contributed by atoms with Gasteiger partial charge in [-0.2, -0.15) is 0 Å². The number of para-hydroxylation sites is 1. The number of amides is 2. The zero-order chi connectivity index (χ0) is 14.3. The molecule has 0 unspecified atom stereocenters. The van der Waals surface area contributed by atoms with Crippen LogP contribution in [0.3, 0.4) is 0 Å². The highest BCUT2D eigenvalue weighted by molar-refractivity contribution is 5.90. The number of urea groups is 1. The first-order valence-corrected chi connectivity index (χ1v) is 5.98. The Morgan fingerprint density at radius 2 is 1.95 bits per heavy atom. The third-order valence-electron chi connectivity index (χ3n) is 2.45. The zero-order valence-corrected chi connectivity index (χ0v) is 11.1. The summed E-state index contributed by atoms with van der Waals surface area (Å²) >= 11 is 0. The number of nitrogens with one attached hydrogen (secondary N) is 2. The van der Waals surface area contributed by atoms with Gasteiger partial charge in [0.15, 0.2) is 0 Å². The minimum absolute atomic E-state index is 0.117. The Bertz CT molecular complexity index is 447. The zero-order valence-electron chi connectivity index (χ0n) is 11.1. The molecule has 0 aromatic heterocycles. The quantitative estimate of drug-likeness (QED) is 0.716. The van der Waals surface area contributed by atoms with Crippen molar-refractivity contribution in [2.45, 2.75) is 6.42 Å². The predicted molar refractivity (Wildman–Crippen MR) is 73.4 cm³/mol. The van der Waals surface area contributed by atoms with E-state index in [1.54, 1.807) is 24.3 Å². The largest absolute Gasteiger partial charge is 0.481 e. The Balaban J connectivity index is 2.56. The van der Waals surface area contributed by atoms with Gasteiger partial charge in [0, 0.05) is 18.8 Å².